The van der Waals surface area contributed by atoms with Crippen molar-refractivity contribution in [3.63, 3.8) is 0 Å². The van der Waals surface area contributed by atoms with Gasteiger partial charge in [-0.3, -0.25) is 0 Å². The second kappa shape index (κ2) is 8.54. The van der Waals surface area contributed by atoms with Crippen LogP contribution in [-0.4, -0.2) is 32.3 Å². The monoisotopic (exact) mass is 365 g/mol. The van der Waals surface area contributed by atoms with E-state index >= 15 is 0 Å². The molecule has 0 aromatic heterocycles. The first-order valence-corrected chi connectivity index (χ1v) is 10.8. The van der Waals surface area contributed by atoms with E-state index < -0.39 is 21.1 Å². The summed E-state index contributed by atoms with van der Waals surface area (Å²) in [5.41, 5.74) is 0.947. The second-order valence-electron chi connectivity index (χ2n) is 7.10. The van der Waals surface area contributed by atoms with Gasteiger partial charge in [-0.05, 0) is 37.1 Å². The lowest BCUT2D eigenvalue weighted by atomic mass is 9.83. The molecule has 25 heavy (non-hydrogen) atoms. The van der Waals surface area contributed by atoms with E-state index in [9.17, 15) is 15.0 Å². The molecule has 0 aliphatic rings. The molecular weight excluding hydrogens is 336 g/mol. The van der Waals surface area contributed by atoms with Crippen LogP contribution in [0.1, 0.15) is 51.3 Å². The lowest BCUT2D eigenvalue weighted by Crippen LogP contribution is -2.22. The third-order valence-corrected chi connectivity index (χ3v) is 4.30. The highest BCUT2D eigenvalue weighted by Gasteiger charge is 2.31. The van der Waals surface area contributed by atoms with Crippen LogP contribution in [0.3, 0.4) is 0 Å². The van der Waals surface area contributed by atoms with E-state index in [0.717, 1.165) is 5.56 Å². The molecule has 1 atom stereocenters. The van der Waals surface area contributed by atoms with Gasteiger partial charge in [-0.2, -0.15) is 0 Å². The van der Waals surface area contributed by atoms with Gasteiger partial charge in [0, 0.05) is 11.1 Å². The van der Waals surface area contributed by atoms with Crippen molar-refractivity contribution in [3.8, 4) is 11.5 Å². The highest BCUT2D eigenvalue weighted by atomic mass is 28.3. The van der Waals surface area contributed by atoms with Crippen LogP contribution in [0.5, 0.6) is 11.5 Å². The smallest absolute Gasteiger partial charge is 0.334 e. The van der Waals surface area contributed by atoms with E-state index in [0.29, 0.717) is 23.5 Å². The number of aliphatic hydroxyl groups excluding tert-OH is 1. The average molecular weight is 366 g/mol. The lowest BCUT2D eigenvalue weighted by Gasteiger charge is -2.29. The number of carboxylic acids is 1. The lowest BCUT2D eigenvalue weighted by molar-refractivity contribution is -0.133. The maximum absolute atomic E-state index is 11.6. The molecule has 0 bridgehead atoms. The van der Waals surface area contributed by atoms with Gasteiger partial charge in [-0.15, -0.1) is 0 Å². The van der Waals surface area contributed by atoms with E-state index in [2.05, 4.69) is 0 Å². The standard InChI is InChI=1S/C19H29O5Si/c1-8-9-13(18(21)22)16(20)12-10-11-14(23-5)15(19(2,3)4)17(12)24-25(6)7/h9-11,16,20H,8H2,1-7H3,(H,21,22). The first kappa shape index (κ1) is 21.2. The molecule has 0 saturated carbocycles. The largest absolute Gasteiger partial charge is 0.542 e. The third kappa shape index (κ3) is 5.09. The van der Waals surface area contributed by atoms with Crippen molar-refractivity contribution >= 4 is 15.0 Å². The Hall–Kier alpha value is -1.79. The molecule has 0 heterocycles. The Morgan fingerprint density at radius 2 is 1.92 bits per heavy atom. The fourth-order valence-corrected chi connectivity index (χ4v) is 3.32. The molecule has 6 heteroatoms. The van der Waals surface area contributed by atoms with E-state index in [1.54, 1.807) is 19.2 Å². The molecule has 1 aromatic rings. The zero-order chi connectivity index (χ0) is 19.4. The molecule has 139 valence electrons. The molecule has 0 aliphatic carbocycles. The number of hydrogen-bond donors (Lipinski definition) is 2. The molecule has 5 nitrogen and oxygen atoms in total. The van der Waals surface area contributed by atoms with Crippen molar-refractivity contribution in [2.45, 2.75) is 58.7 Å². The summed E-state index contributed by atoms with van der Waals surface area (Å²) in [7, 11) is 0.452. The summed E-state index contributed by atoms with van der Waals surface area (Å²) < 4.78 is 11.6. The topological polar surface area (TPSA) is 76.0 Å². The van der Waals surface area contributed by atoms with E-state index in [1.807, 2.05) is 40.8 Å². The predicted molar refractivity (Wildman–Crippen MR) is 101 cm³/mol. The van der Waals surface area contributed by atoms with Gasteiger partial charge in [0.05, 0.1) is 12.7 Å². The summed E-state index contributed by atoms with van der Waals surface area (Å²) in [5, 5.41) is 20.2. The molecule has 1 rings (SSSR count). The van der Waals surface area contributed by atoms with Crippen LogP contribution in [0.25, 0.3) is 0 Å². The van der Waals surface area contributed by atoms with Gasteiger partial charge in [-0.25, -0.2) is 4.79 Å². The van der Waals surface area contributed by atoms with Crippen molar-refractivity contribution in [2.75, 3.05) is 7.11 Å². The molecule has 1 aromatic carbocycles. The summed E-state index contributed by atoms with van der Waals surface area (Å²) in [4.78, 5) is 11.6. The Morgan fingerprint density at radius 1 is 1.32 bits per heavy atom. The molecule has 0 aliphatic heterocycles. The fraction of sp³-hybridized carbons (Fsp3) is 0.526. The summed E-state index contributed by atoms with van der Waals surface area (Å²) in [6.07, 6.45) is 0.788. The number of rotatable bonds is 7. The van der Waals surface area contributed by atoms with Crippen molar-refractivity contribution < 1.29 is 24.2 Å². The van der Waals surface area contributed by atoms with E-state index in [4.69, 9.17) is 9.16 Å². The zero-order valence-electron chi connectivity index (χ0n) is 16.1. The normalized spacial score (nSPS) is 13.7. The van der Waals surface area contributed by atoms with Gasteiger partial charge >= 0.3 is 5.97 Å². The number of carbonyl (C=O) groups is 1. The van der Waals surface area contributed by atoms with Crippen molar-refractivity contribution in [1.29, 1.82) is 0 Å². The number of hydrogen-bond acceptors (Lipinski definition) is 4. The SMILES string of the molecule is CCC=C(C(=O)O)C(O)c1ccc(OC)c(C(C)(C)C)c1O[Si](C)C. The molecule has 1 unspecified atom stereocenters. The first-order chi connectivity index (χ1) is 11.5. The third-order valence-electron chi connectivity index (χ3n) is 3.69. The Balaban J connectivity index is 3.70. The Bertz CT molecular complexity index is 644. The van der Waals surface area contributed by atoms with Crippen LogP contribution in [0.2, 0.25) is 13.1 Å². The van der Waals surface area contributed by atoms with Gasteiger partial charge in [0.15, 0.2) is 0 Å². The van der Waals surface area contributed by atoms with E-state index in [-0.39, 0.29) is 11.0 Å². The Kier molecular flexibility index (Phi) is 7.25. The van der Waals surface area contributed by atoms with Gasteiger partial charge in [0.2, 0.25) is 0 Å². The second-order valence-corrected chi connectivity index (χ2v) is 9.12. The fourth-order valence-electron chi connectivity index (χ4n) is 2.69. The molecule has 0 saturated heterocycles. The minimum absolute atomic E-state index is 0.0432. The summed E-state index contributed by atoms with van der Waals surface area (Å²) >= 11 is 0. The maximum Gasteiger partial charge on any atom is 0.334 e. The van der Waals surface area contributed by atoms with Crippen molar-refractivity contribution in [1.82, 2.24) is 0 Å². The average Bonchev–Trinajstić information content (AvgIpc) is 2.49. The predicted octanol–water partition coefficient (Wildman–Crippen LogP) is 4.08. The van der Waals surface area contributed by atoms with Crippen LogP contribution >= 0.6 is 0 Å². The summed E-state index contributed by atoms with van der Waals surface area (Å²) in [6, 6.07) is 3.44. The number of benzene rings is 1. The van der Waals surface area contributed by atoms with Crippen LogP contribution in [0.15, 0.2) is 23.8 Å². The summed E-state index contributed by atoms with van der Waals surface area (Å²) in [5.74, 6) is 0.0616. The Labute approximate surface area is 152 Å². The number of carboxylic acid groups (broad SMARTS) is 1. The first-order valence-electron chi connectivity index (χ1n) is 8.35. The highest BCUT2D eigenvalue weighted by molar-refractivity contribution is 6.49. The van der Waals surface area contributed by atoms with Crippen LogP contribution in [-0.2, 0) is 10.2 Å². The minimum atomic E-state index is -1.26. The van der Waals surface area contributed by atoms with Crippen LogP contribution in [0, 0.1) is 0 Å². The van der Waals surface area contributed by atoms with E-state index in [1.165, 1.54) is 6.08 Å². The number of allylic oxidation sites excluding steroid dienone is 1. The van der Waals surface area contributed by atoms with Gasteiger partial charge in [0.25, 0.3) is 9.04 Å². The molecular formula is C19H29O5Si. The van der Waals surface area contributed by atoms with Gasteiger partial charge in [0.1, 0.15) is 17.6 Å². The molecule has 0 amide bonds. The molecule has 0 spiro atoms. The molecule has 1 radical (unpaired) electrons. The quantitative estimate of drug-likeness (QED) is 0.562. The number of methoxy groups -OCH3 is 1. The molecule has 2 N–H and O–H groups in total. The zero-order valence-corrected chi connectivity index (χ0v) is 17.1. The number of aliphatic hydroxyl groups is 1. The number of aliphatic carboxylic acids is 1. The van der Waals surface area contributed by atoms with Gasteiger partial charge < -0.3 is 19.4 Å². The van der Waals surface area contributed by atoms with Crippen molar-refractivity contribution in [2.24, 2.45) is 0 Å². The van der Waals surface area contributed by atoms with Crippen LogP contribution in [0.4, 0.5) is 0 Å². The maximum atomic E-state index is 11.6. The number of ether oxygens (including phenoxy) is 1. The minimum Gasteiger partial charge on any atom is -0.542 e. The highest BCUT2D eigenvalue weighted by Crippen LogP contribution is 2.44. The summed E-state index contributed by atoms with van der Waals surface area (Å²) in [6.45, 7) is 11.9. The van der Waals surface area contributed by atoms with Gasteiger partial charge in [-0.1, -0.05) is 33.8 Å². The van der Waals surface area contributed by atoms with Crippen molar-refractivity contribution in [3.05, 3.63) is 34.9 Å². The Morgan fingerprint density at radius 3 is 2.32 bits per heavy atom. The van der Waals surface area contributed by atoms with Crippen LogP contribution < -0.4 is 9.16 Å². The molecule has 0 fully saturated rings.